The molecule has 118 valence electrons. The molecular weight excluding hydrogens is 336 g/mol. The van der Waals surface area contributed by atoms with E-state index >= 15 is 0 Å². The van der Waals surface area contributed by atoms with E-state index in [4.69, 9.17) is 11.6 Å². The zero-order valence-corrected chi connectivity index (χ0v) is 13.8. The van der Waals surface area contributed by atoms with Crippen LogP contribution < -0.4 is 0 Å². The highest BCUT2D eigenvalue weighted by atomic mass is 35.5. The van der Waals surface area contributed by atoms with Crippen LogP contribution in [0.1, 0.15) is 5.56 Å². The molecule has 0 spiro atoms. The molecule has 0 aliphatic rings. The van der Waals surface area contributed by atoms with Crippen molar-refractivity contribution in [3.05, 3.63) is 54.1 Å². The number of halogens is 1. The van der Waals surface area contributed by atoms with Crippen LogP contribution in [-0.2, 0) is 9.84 Å². The average Bonchev–Trinajstić information content (AvgIpc) is 2.97. The third-order valence-corrected chi connectivity index (χ3v) is 5.01. The average molecular weight is 349 g/mol. The molecule has 0 saturated carbocycles. The van der Waals surface area contributed by atoms with Crippen molar-refractivity contribution in [3.8, 4) is 0 Å². The van der Waals surface area contributed by atoms with Gasteiger partial charge in [-0.2, -0.15) is 4.68 Å². The summed E-state index contributed by atoms with van der Waals surface area (Å²) in [5.41, 5.74) is 2.30. The molecule has 2 aromatic carbocycles. The first kappa shape index (κ1) is 15.6. The summed E-state index contributed by atoms with van der Waals surface area (Å²) in [7, 11) is -3.55. The van der Waals surface area contributed by atoms with E-state index in [0.29, 0.717) is 11.0 Å². The molecule has 0 amide bonds. The first-order chi connectivity index (χ1) is 11.0. The molecule has 0 radical (unpaired) electrons. The molecule has 3 rings (SSSR count). The zero-order chi connectivity index (χ0) is 16.4. The van der Waals surface area contributed by atoms with Gasteiger partial charge in [0.25, 0.3) is 0 Å². The van der Waals surface area contributed by atoms with Crippen LogP contribution in [-0.4, -0.2) is 34.6 Å². The summed E-state index contributed by atoms with van der Waals surface area (Å²) in [5, 5.41) is 7.79. The molecule has 8 heteroatoms. The van der Waals surface area contributed by atoms with Gasteiger partial charge < -0.3 is 0 Å². The van der Waals surface area contributed by atoms with Gasteiger partial charge in [0.2, 0.25) is 5.29 Å². The maximum absolute atomic E-state index is 12.3. The summed E-state index contributed by atoms with van der Waals surface area (Å²) in [6.07, 6.45) is 0. The summed E-state index contributed by atoms with van der Waals surface area (Å²) in [5.74, 6) is -0.455. The summed E-state index contributed by atoms with van der Waals surface area (Å²) in [4.78, 5) is 4.15. The SMILES string of the molecule is Cc1ccc(S(=O)(=O)CN=C(Cl)n2nnc3ccccc32)cc1. The lowest BCUT2D eigenvalue weighted by atomic mass is 10.2. The molecule has 23 heavy (non-hydrogen) atoms. The second-order valence-electron chi connectivity index (χ2n) is 4.97. The lowest BCUT2D eigenvalue weighted by molar-refractivity contribution is 0.596. The topological polar surface area (TPSA) is 77.2 Å². The van der Waals surface area contributed by atoms with Crippen molar-refractivity contribution in [2.75, 3.05) is 5.88 Å². The molecule has 0 fully saturated rings. The highest BCUT2D eigenvalue weighted by Gasteiger charge is 2.15. The van der Waals surface area contributed by atoms with Crippen LogP contribution in [0.15, 0.2) is 58.4 Å². The predicted octanol–water partition coefficient (Wildman–Crippen LogP) is 2.61. The van der Waals surface area contributed by atoms with Gasteiger partial charge in [-0.1, -0.05) is 35.0 Å². The van der Waals surface area contributed by atoms with Crippen molar-refractivity contribution in [2.24, 2.45) is 4.99 Å². The second kappa shape index (κ2) is 6.10. The monoisotopic (exact) mass is 348 g/mol. The Hall–Kier alpha value is -2.25. The van der Waals surface area contributed by atoms with Crippen LogP contribution in [0, 0.1) is 6.92 Å². The number of rotatable bonds is 3. The van der Waals surface area contributed by atoms with Crippen molar-refractivity contribution in [1.29, 1.82) is 0 Å². The van der Waals surface area contributed by atoms with Gasteiger partial charge in [-0.3, -0.25) is 0 Å². The van der Waals surface area contributed by atoms with Crippen molar-refractivity contribution in [3.63, 3.8) is 0 Å². The summed E-state index contributed by atoms with van der Waals surface area (Å²) in [6.45, 7) is 1.89. The second-order valence-corrected chi connectivity index (χ2v) is 7.27. The number of aliphatic imine (C=N–C) groups is 1. The number of sulfone groups is 1. The van der Waals surface area contributed by atoms with Gasteiger partial charge in [0.05, 0.1) is 10.4 Å². The van der Waals surface area contributed by atoms with Gasteiger partial charge in [-0.15, -0.1) is 5.10 Å². The highest BCUT2D eigenvalue weighted by Crippen LogP contribution is 2.14. The number of fused-ring (bicyclic) bond motifs is 1. The molecular formula is C15H13ClN4O2S. The van der Waals surface area contributed by atoms with E-state index in [1.54, 1.807) is 36.4 Å². The minimum absolute atomic E-state index is 0.0469. The Morgan fingerprint density at radius 1 is 1.17 bits per heavy atom. The molecule has 3 aromatic rings. The van der Waals surface area contributed by atoms with E-state index in [1.165, 1.54) is 4.68 Å². The molecule has 1 aromatic heterocycles. The van der Waals surface area contributed by atoms with E-state index in [9.17, 15) is 8.42 Å². The maximum Gasteiger partial charge on any atom is 0.221 e. The zero-order valence-electron chi connectivity index (χ0n) is 12.2. The Bertz CT molecular complexity index is 978. The van der Waals surface area contributed by atoms with Crippen LogP contribution in [0.25, 0.3) is 11.0 Å². The van der Waals surface area contributed by atoms with Crippen LogP contribution >= 0.6 is 11.6 Å². The van der Waals surface area contributed by atoms with E-state index in [2.05, 4.69) is 15.3 Å². The molecule has 0 N–H and O–H groups in total. The Morgan fingerprint density at radius 3 is 2.61 bits per heavy atom. The molecule has 0 aliphatic heterocycles. The van der Waals surface area contributed by atoms with Crippen LogP contribution in [0.5, 0.6) is 0 Å². The Kier molecular flexibility index (Phi) is 4.14. The lowest BCUT2D eigenvalue weighted by Crippen LogP contribution is -2.11. The number of aryl methyl sites for hydroxylation is 1. The van der Waals surface area contributed by atoms with E-state index < -0.39 is 15.7 Å². The quantitative estimate of drug-likeness (QED) is 0.538. The summed E-state index contributed by atoms with van der Waals surface area (Å²) < 4.78 is 25.8. The van der Waals surface area contributed by atoms with Crippen molar-refractivity contribution >= 4 is 37.8 Å². The third kappa shape index (κ3) is 3.25. The lowest BCUT2D eigenvalue weighted by Gasteiger charge is -2.03. The Balaban J connectivity index is 1.88. The maximum atomic E-state index is 12.3. The fraction of sp³-hybridized carbons (Fsp3) is 0.133. The van der Waals surface area contributed by atoms with Crippen LogP contribution in [0.4, 0.5) is 0 Å². The Labute approximate surface area is 138 Å². The molecule has 0 aliphatic carbocycles. The first-order valence-corrected chi connectivity index (χ1v) is 8.80. The van der Waals surface area contributed by atoms with E-state index in [-0.39, 0.29) is 10.2 Å². The van der Waals surface area contributed by atoms with Crippen molar-refractivity contribution < 1.29 is 8.42 Å². The fourth-order valence-corrected chi connectivity index (χ4v) is 3.28. The van der Waals surface area contributed by atoms with Gasteiger partial charge in [0.1, 0.15) is 11.4 Å². The van der Waals surface area contributed by atoms with Crippen LogP contribution in [0.3, 0.4) is 0 Å². The summed E-state index contributed by atoms with van der Waals surface area (Å²) in [6, 6.07) is 13.8. The number of benzene rings is 2. The van der Waals surface area contributed by atoms with Gasteiger partial charge in [0.15, 0.2) is 9.84 Å². The van der Waals surface area contributed by atoms with E-state index in [1.807, 2.05) is 19.1 Å². The van der Waals surface area contributed by atoms with Crippen molar-refractivity contribution in [2.45, 2.75) is 11.8 Å². The van der Waals surface area contributed by atoms with Gasteiger partial charge in [-0.25, -0.2) is 13.4 Å². The smallest absolute Gasteiger partial charge is 0.221 e. The minimum atomic E-state index is -3.55. The van der Waals surface area contributed by atoms with Crippen molar-refractivity contribution in [1.82, 2.24) is 15.0 Å². The molecule has 0 bridgehead atoms. The molecule has 0 unspecified atom stereocenters. The number of nitrogens with zero attached hydrogens (tertiary/aromatic N) is 4. The molecule has 0 atom stereocenters. The third-order valence-electron chi connectivity index (χ3n) is 3.27. The first-order valence-electron chi connectivity index (χ1n) is 6.77. The number of aromatic nitrogens is 3. The van der Waals surface area contributed by atoms with E-state index in [0.717, 1.165) is 5.56 Å². The van der Waals surface area contributed by atoms with Gasteiger partial charge in [-0.05, 0) is 42.8 Å². The highest BCUT2D eigenvalue weighted by molar-refractivity contribution is 7.91. The predicted molar refractivity (Wildman–Crippen MR) is 89.4 cm³/mol. The Morgan fingerprint density at radius 2 is 1.87 bits per heavy atom. The fourth-order valence-electron chi connectivity index (χ4n) is 2.03. The number of para-hydroxylation sites is 1. The summed E-state index contributed by atoms with van der Waals surface area (Å²) >= 11 is 6.09. The normalized spacial score (nSPS) is 12.7. The minimum Gasteiger partial charge on any atom is -0.239 e. The molecule has 6 nitrogen and oxygen atoms in total. The molecule has 0 saturated heterocycles. The number of hydrogen-bond donors (Lipinski definition) is 0. The number of hydrogen-bond acceptors (Lipinski definition) is 5. The van der Waals surface area contributed by atoms with Crippen LogP contribution in [0.2, 0.25) is 0 Å². The standard InChI is InChI=1S/C15H13ClN4O2S/c1-11-6-8-12(9-7-11)23(21,22)10-17-15(16)20-14-5-3-2-4-13(14)18-19-20/h2-9H,10H2,1H3. The van der Waals surface area contributed by atoms with Gasteiger partial charge >= 0.3 is 0 Å². The molecule has 1 heterocycles. The largest absolute Gasteiger partial charge is 0.239 e. The van der Waals surface area contributed by atoms with Gasteiger partial charge in [0, 0.05) is 0 Å².